The smallest absolute Gasteiger partial charge is 0.235 e. The fourth-order valence-electron chi connectivity index (χ4n) is 3.60. The minimum Gasteiger partial charge on any atom is -0.481 e. The summed E-state index contributed by atoms with van der Waals surface area (Å²) < 4.78 is 21.4. The summed E-state index contributed by atoms with van der Waals surface area (Å²) in [5, 5.41) is 7.47. The normalized spacial score (nSPS) is 20.1. The van der Waals surface area contributed by atoms with Crippen LogP contribution in [0.5, 0.6) is 5.88 Å². The molecule has 2 aromatic rings. The van der Waals surface area contributed by atoms with E-state index in [1.165, 1.54) is 6.07 Å². The molecule has 0 radical (unpaired) electrons. The van der Waals surface area contributed by atoms with Gasteiger partial charge in [0, 0.05) is 30.5 Å². The second kappa shape index (κ2) is 6.72. The molecule has 1 unspecified atom stereocenters. The van der Waals surface area contributed by atoms with Crippen LogP contribution in [-0.2, 0) is 11.3 Å². The number of carbonyl (C=O) groups excluding carboxylic acids is 1. The highest BCUT2D eigenvalue weighted by molar-refractivity contribution is 6.19. The van der Waals surface area contributed by atoms with Gasteiger partial charge in [-0.2, -0.15) is 5.10 Å². The van der Waals surface area contributed by atoms with E-state index >= 15 is 0 Å². The average molecular weight is 397 g/mol. The van der Waals surface area contributed by atoms with Crippen molar-refractivity contribution in [1.29, 1.82) is 0 Å². The van der Waals surface area contributed by atoms with Crippen LogP contribution in [0, 0.1) is 18.2 Å². The summed E-state index contributed by atoms with van der Waals surface area (Å²) in [6.07, 6.45) is 1.51. The van der Waals surface area contributed by atoms with E-state index in [1.807, 2.05) is 45.0 Å². The lowest BCUT2D eigenvalue weighted by molar-refractivity contribution is -0.124. The van der Waals surface area contributed by atoms with Crippen LogP contribution in [-0.4, -0.2) is 40.6 Å². The van der Waals surface area contributed by atoms with Gasteiger partial charge in [0.25, 0.3) is 0 Å². The molecule has 4 rings (SSSR count). The van der Waals surface area contributed by atoms with Crippen molar-refractivity contribution >= 4 is 11.7 Å². The zero-order valence-electron chi connectivity index (χ0n) is 17.2. The molecule has 1 fully saturated rings. The van der Waals surface area contributed by atoms with Gasteiger partial charge in [-0.3, -0.25) is 4.79 Å². The van der Waals surface area contributed by atoms with Crippen LogP contribution in [0.3, 0.4) is 0 Å². The second-order valence-corrected chi connectivity index (χ2v) is 8.00. The number of aryl methyl sites for hydroxylation is 1. The summed E-state index contributed by atoms with van der Waals surface area (Å²) in [6.45, 7) is 5.84. The van der Waals surface area contributed by atoms with Crippen molar-refractivity contribution in [3.05, 3.63) is 58.7 Å². The summed E-state index contributed by atoms with van der Waals surface area (Å²) in [7, 11) is 3.44. The molecule has 0 aliphatic carbocycles. The van der Waals surface area contributed by atoms with Gasteiger partial charge < -0.3 is 15.0 Å². The van der Waals surface area contributed by atoms with Gasteiger partial charge in [-0.15, -0.1) is 0 Å². The molecule has 8 heteroatoms. The first-order valence-electron chi connectivity index (χ1n) is 9.41. The topological polar surface area (TPSA) is 71.8 Å². The van der Waals surface area contributed by atoms with Gasteiger partial charge in [0.1, 0.15) is 17.3 Å². The molecular weight excluding hydrogens is 373 g/mol. The maximum atomic E-state index is 14.3. The number of rotatable bonds is 4. The number of methoxy groups -OCH3 is 1. The minimum atomic E-state index is -0.627. The van der Waals surface area contributed by atoms with Crippen molar-refractivity contribution in [2.24, 2.45) is 10.4 Å². The molecule has 1 amide bonds. The fraction of sp³-hybridized carbons (Fsp3) is 0.381. The van der Waals surface area contributed by atoms with Gasteiger partial charge in [-0.1, -0.05) is 12.1 Å². The quantitative estimate of drug-likeness (QED) is 0.861. The molecule has 152 valence electrons. The van der Waals surface area contributed by atoms with E-state index in [4.69, 9.17) is 9.73 Å². The molecule has 1 atom stereocenters. The maximum absolute atomic E-state index is 14.3. The Kier molecular flexibility index (Phi) is 4.44. The Hall–Kier alpha value is -3.16. The lowest BCUT2D eigenvalue weighted by atomic mass is 9.86. The van der Waals surface area contributed by atoms with Crippen LogP contribution in [0.25, 0.3) is 0 Å². The van der Waals surface area contributed by atoms with E-state index < -0.39 is 11.6 Å². The number of halogens is 1. The summed E-state index contributed by atoms with van der Waals surface area (Å²) in [4.78, 5) is 18.9. The molecule has 2 aliphatic rings. The molecule has 3 heterocycles. The number of hydrogen-bond donors (Lipinski definition) is 1. The predicted molar refractivity (Wildman–Crippen MR) is 107 cm³/mol. The fourth-order valence-corrected chi connectivity index (χ4v) is 3.60. The minimum absolute atomic E-state index is 0.0745. The number of aliphatic imine (C=N–C) groups is 1. The number of aromatic nitrogens is 2. The van der Waals surface area contributed by atoms with Crippen LogP contribution in [0.4, 0.5) is 4.39 Å². The van der Waals surface area contributed by atoms with Crippen LogP contribution >= 0.6 is 0 Å². The third kappa shape index (κ3) is 3.18. The largest absolute Gasteiger partial charge is 0.481 e. The predicted octanol–water partition coefficient (Wildman–Crippen LogP) is 2.77. The number of carbonyl (C=O) groups is 1. The zero-order chi connectivity index (χ0) is 20.9. The Balaban J connectivity index is 1.66. The third-order valence-corrected chi connectivity index (χ3v) is 5.46. The van der Waals surface area contributed by atoms with Gasteiger partial charge in [0.05, 0.1) is 19.1 Å². The average Bonchev–Trinajstić information content (AvgIpc) is 3.16. The summed E-state index contributed by atoms with van der Waals surface area (Å²) in [5.74, 6) is 0.734. The Morgan fingerprint density at radius 2 is 2.07 bits per heavy atom. The first-order chi connectivity index (χ1) is 13.7. The number of hydrogen-bond acceptors (Lipinski definition) is 5. The number of amides is 1. The molecule has 0 saturated carbocycles. The number of benzene rings is 1. The van der Waals surface area contributed by atoms with Crippen LogP contribution in [0.2, 0.25) is 0 Å². The number of nitrogens with one attached hydrogen (secondary N) is 1. The highest BCUT2D eigenvalue weighted by Crippen LogP contribution is 2.38. The first-order valence-corrected chi connectivity index (χ1v) is 9.41. The van der Waals surface area contributed by atoms with E-state index in [0.29, 0.717) is 23.0 Å². The SMILES string of the molecule is COc1cc(C2N=C3NC(=O)C(C)(C)C3=CN2C)nn1Cc1ccc(C)cc1F. The molecule has 29 heavy (non-hydrogen) atoms. The van der Waals surface area contributed by atoms with Gasteiger partial charge >= 0.3 is 0 Å². The molecule has 7 nitrogen and oxygen atoms in total. The van der Waals surface area contributed by atoms with Crippen LogP contribution in [0.1, 0.15) is 36.8 Å². The first kappa shape index (κ1) is 19.2. The molecular formula is C21H24FN5O2. The van der Waals surface area contributed by atoms with Gasteiger partial charge in [-0.05, 0) is 32.4 Å². The highest BCUT2D eigenvalue weighted by atomic mass is 19.1. The number of ether oxygens (including phenoxy) is 1. The summed E-state index contributed by atoms with van der Waals surface area (Å²) >= 11 is 0. The van der Waals surface area contributed by atoms with E-state index in [2.05, 4.69) is 10.4 Å². The molecule has 1 aromatic carbocycles. The Labute approximate surface area is 168 Å². The van der Waals surface area contributed by atoms with Crippen molar-refractivity contribution < 1.29 is 13.9 Å². The summed E-state index contributed by atoms with van der Waals surface area (Å²) in [5.41, 5.74) is 2.27. The van der Waals surface area contributed by atoms with Gasteiger partial charge in [0.2, 0.25) is 11.8 Å². The summed E-state index contributed by atoms with van der Waals surface area (Å²) in [6, 6.07) is 6.92. The highest BCUT2D eigenvalue weighted by Gasteiger charge is 2.44. The van der Waals surface area contributed by atoms with Crippen molar-refractivity contribution in [1.82, 2.24) is 20.0 Å². The van der Waals surface area contributed by atoms with Crippen molar-refractivity contribution in [2.75, 3.05) is 14.2 Å². The third-order valence-electron chi connectivity index (χ3n) is 5.46. The van der Waals surface area contributed by atoms with Crippen molar-refractivity contribution in [3.8, 4) is 5.88 Å². The van der Waals surface area contributed by atoms with Crippen LogP contribution < -0.4 is 10.1 Å². The Morgan fingerprint density at radius 1 is 1.31 bits per heavy atom. The molecule has 0 spiro atoms. The lowest BCUT2D eigenvalue weighted by Gasteiger charge is -2.29. The number of nitrogens with zero attached hydrogens (tertiary/aromatic N) is 4. The standard InChI is InChI=1S/C21H24FN5O2/c1-12-6-7-13(15(22)8-12)10-27-17(29-5)9-16(25-27)19-23-18-14(11-26(19)4)21(2,3)20(28)24-18/h6-9,11,19H,10H2,1-5H3,(H,23,24,28). The number of fused-ring (bicyclic) bond motifs is 1. The zero-order valence-corrected chi connectivity index (χ0v) is 17.2. The maximum Gasteiger partial charge on any atom is 0.235 e. The molecule has 1 aromatic heterocycles. The lowest BCUT2D eigenvalue weighted by Crippen LogP contribution is -2.29. The molecule has 1 saturated heterocycles. The monoisotopic (exact) mass is 397 g/mol. The van der Waals surface area contributed by atoms with Gasteiger partial charge in [-0.25, -0.2) is 14.1 Å². The van der Waals surface area contributed by atoms with E-state index in [-0.39, 0.29) is 18.3 Å². The Bertz CT molecular complexity index is 1050. The van der Waals surface area contributed by atoms with Crippen molar-refractivity contribution in [2.45, 2.75) is 33.5 Å². The van der Waals surface area contributed by atoms with E-state index in [0.717, 1.165) is 11.1 Å². The number of amidine groups is 1. The Morgan fingerprint density at radius 3 is 2.76 bits per heavy atom. The van der Waals surface area contributed by atoms with Gasteiger partial charge in [0.15, 0.2) is 6.17 Å². The molecule has 1 N–H and O–H groups in total. The van der Waals surface area contributed by atoms with E-state index in [9.17, 15) is 9.18 Å². The van der Waals surface area contributed by atoms with Crippen molar-refractivity contribution in [3.63, 3.8) is 0 Å². The molecule has 0 bridgehead atoms. The second-order valence-electron chi connectivity index (χ2n) is 8.00. The van der Waals surface area contributed by atoms with Crippen LogP contribution in [0.15, 0.2) is 41.0 Å². The van der Waals surface area contributed by atoms with E-state index in [1.54, 1.807) is 23.9 Å². The molecule has 2 aliphatic heterocycles.